The summed E-state index contributed by atoms with van der Waals surface area (Å²) in [5.74, 6) is -0.0494. The average molecular weight is 349 g/mol. The zero-order valence-corrected chi connectivity index (χ0v) is 12.9. The van der Waals surface area contributed by atoms with E-state index in [9.17, 15) is 18.0 Å². The van der Waals surface area contributed by atoms with Crippen LogP contribution >= 0.6 is 0 Å². The van der Waals surface area contributed by atoms with E-state index >= 15 is 0 Å². The van der Waals surface area contributed by atoms with Crippen molar-refractivity contribution in [1.29, 1.82) is 0 Å². The Hall–Kier alpha value is -3.03. The Morgan fingerprint density at radius 1 is 1.20 bits per heavy atom. The number of hydrogen-bond acceptors (Lipinski definition) is 3. The molecule has 1 aromatic carbocycles. The molecule has 0 aliphatic rings. The number of ether oxygens (including phenoxy) is 1. The Bertz CT molecular complexity index is 873. The number of anilines is 1. The van der Waals surface area contributed by atoms with Crippen molar-refractivity contribution in [3.63, 3.8) is 0 Å². The highest BCUT2D eigenvalue weighted by atomic mass is 19.4. The monoisotopic (exact) mass is 349 g/mol. The number of rotatable bonds is 5. The molecule has 0 saturated carbocycles. The molecule has 3 aromatic rings. The number of aromatic nitrogens is 2. The van der Waals surface area contributed by atoms with E-state index in [1.807, 2.05) is 30.5 Å². The molecule has 1 amide bonds. The second-order valence-corrected chi connectivity index (χ2v) is 5.41. The Morgan fingerprint density at radius 3 is 2.76 bits per heavy atom. The molecule has 0 bridgehead atoms. The van der Waals surface area contributed by atoms with Crippen LogP contribution in [0.1, 0.15) is 5.56 Å². The Kier molecular flexibility index (Phi) is 4.60. The van der Waals surface area contributed by atoms with Gasteiger partial charge in [0, 0.05) is 11.7 Å². The number of alkyl halides is 3. The van der Waals surface area contributed by atoms with E-state index in [1.54, 1.807) is 0 Å². The topological polar surface area (TPSA) is 67.0 Å². The number of H-pyrrole nitrogens is 1. The van der Waals surface area contributed by atoms with Gasteiger partial charge in [0.05, 0.1) is 12.6 Å². The van der Waals surface area contributed by atoms with Gasteiger partial charge in [0.15, 0.2) is 6.61 Å². The SMILES string of the molecule is O=C(Cc1ccc2[nH]ccc2c1)Nc1ccc(OCC(F)(F)F)cn1. The van der Waals surface area contributed by atoms with Crippen molar-refractivity contribution in [1.82, 2.24) is 9.97 Å². The zero-order valence-electron chi connectivity index (χ0n) is 12.9. The van der Waals surface area contributed by atoms with Crippen LogP contribution in [-0.2, 0) is 11.2 Å². The fraction of sp³-hybridized carbons (Fsp3) is 0.176. The zero-order chi connectivity index (χ0) is 17.9. The number of fused-ring (bicyclic) bond motifs is 1. The Labute approximate surface area is 140 Å². The maximum absolute atomic E-state index is 12.1. The summed E-state index contributed by atoms with van der Waals surface area (Å²) in [6.07, 6.45) is -1.29. The maximum Gasteiger partial charge on any atom is 0.422 e. The number of amides is 1. The van der Waals surface area contributed by atoms with Crippen LogP contribution in [0.2, 0.25) is 0 Å². The Morgan fingerprint density at radius 2 is 2.04 bits per heavy atom. The molecule has 130 valence electrons. The quantitative estimate of drug-likeness (QED) is 0.738. The summed E-state index contributed by atoms with van der Waals surface area (Å²) in [7, 11) is 0. The van der Waals surface area contributed by atoms with Crippen molar-refractivity contribution in [2.24, 2.45) is 0 Å². The van der Waals surface area contributed by atoms with Crippen LogP contribution in [0.5, 0.6) is 5.75 Å². The van der Waals surface area contributed by atoms with Crippen molar-refractivity contribution in [3.05, 3.63) is 54.4 Å². The van der Waals surface area contributed by atoms with Crippen molar-refractivity contribution in [3.8, 4) is 5.75 Å². The molecule has 25 heavy (non-hydrogen) atoms. The van der Waals surface area contributed by atoms with Crippen LogP contribution in [-0.4, -0.2) is 28.7 Å². The predicted molar refractivity (Wildman–Crippen MR) is 86.4 cm³/mol. The number of halogens is 3. The van der Waals surface area contributed by atoms with E-state index in [-0.39, 0.29) is 23.9 Å². The molecular formula is C17H14F3N3O2. The molecule has 0 fully saturated rings. The lowest BCUT2D eigenvalue weighted by Gasteiger charge is -2.09. The standard InChI is InChI=1S/C17H14F3N3O2/c18-17(19,20)10-25-13-2-4-15(22-9-13)23-16(24)8-11-1-3-14-12(7-11)5-6-21-14/h1-7,9,21H,8,10H2,(H,22,23,24). The average Bonchev–Trinajstić information content (AvgIpc) is 3.01. The fourth-order valence-electron chi connectivity index (χ4n) is 2.29. The van der Waals surface area contributed by atoms with Crippen LogP contribution in [0.4, 0.5) is 19.0 Å². The first-order valence-corrected chi connectivity index (χ1v) is 7.40. The maximum atomic E-state index is 12.1. The number of hydrogen-bond donors (Lipinski definition) is 2. The number of aromatic amines is 1. The summed E-state index contributed by atoms with van der Waals surface area (Å²) < 4.78 is 40.8. The summed E-state index contributed by atoms with van der Waals surface area (Å²) in [6.45, 7) is -1.39. The molecule has 0 unspecified atom stereocenters. The molecule has 2 aromatic heterocycles. The van der Waals surface area contributed by atoms with Gasteiger partial charge in [0.2, 0.25) is 5.91 Å². The minimum atomic E-state index is -4.41. The number of pyridine rings is 1. The second kappa shape index (κ2) is 6.84. The normalized spacial score (nSPS) is 11.5. The molecular weight excluding hydrogens is 335 g/mol. The van der Waals surface area contributed by atoms with Crippen LogP contribution in [0.25, 0.3) is 10.9 Å². The highest BCUT2D eigenvalue weighted by Crippen LogP contribution is 2.19. The number of nitrogens with one attached hydrogen (secondary N) is 2. The minimum Gasteiger partial charge on any atom is -0.483 e. The van der Waals surface area contributed by atoms with Gasteiger partial charge in [-0.3, -0.25) is 4.79 Å². The van der Waals surface area contributed by atoms with E-state index in [2.05, 4.69) is 20.0 Å². The lowest BCUT2D eigenvalue weighted by atomic mass is 10.1. The summed E-state index contributed by atoms with van der Waals surface area (Å²) in [6, 6.07) is 10.3. The summed E-state index contributed by atoms with van der Waals surface area (Å²) in [5, 5.41) is 3.61. The molecule has 0 radical (unpaired) electrons. The molecule has 0 aliphatic heterocycles. The first-order valence-electron chi connectivity index (χ1n) is 7.40. The van der Waals surface area contributed by atoms with Crippen molar-refractivity contribution >= 4 is 22.6 Å². The number of carbonyl (C=O) groups is 1. The van der Waals surface area contributed by atoms with Crippen molar-refractivity contribution < 1.29 is 22.7 Å². The molecule has 0 saturated heterocycles. The third-order valence-electron chi connectivity index (χ3n) is 3.39. The number of carbonyl (C=O) groups excluding carboxylic acids is 1. The van der Waals surface area contributed by atoms with Gasteiger partial charge >= 0.3 is 6.18 Å². The van der Waals surface area contributed by atoms with Gasteiger partial charge < -0.3 is 15.0 Å². The van der Waals surface area contributed by atoms with Crippen LogP contribution in [0.3, 0.4) is 0 Å². The van der Waals surface area contributed by atoms with Crippen LogP contribution in [0.15, 0.2) is 48.8 Å². The summed E-state index contributed by atoms with van der Waals surface area (Å²) >= 11 is 0. The van der Waals surface area contributed by atoms with Crippen molar-refractivity contribution in [2.45, 2.75) is 12.6 Å². The second-order valence-electron chi connectivity index (χ2n) is 5.41. The third kappa shape index (κ3) is 4.72. The van der Waals surface area contributed by atoms with Crippen LogP contribution < -0.4 is 10.1 Å². The number of nitrogens with zero attached hydrogens (tertiary/aromatic N) is 1. The van der Waals surface area contributed by atoms with E-state index in [1.165, 1.54) is 12.1 Å². The van der Waals surface area contributed by atoms with E-state index < -0.39 is 12.8 Å². The largest absolute Gasteiger partial charge is 0.483 e. The summed E-state index contributed by atoms with van der Waals surface area (Å²) in [4.78, 5) is 19.0. The molecule has 2 heterocycles. The van der Waals surface area contributed by atoms with E-state index in [0.29, 0.717) is 0 Å². The first-order chi connectivity index (χ1) is 11.9. The summed E-state index contributed by atoms with van der Waals surface area (Å²) in [5.41, 5.74) is 1.83. The van der Waals surface area contributed by atoms with E-state index in [4.69, 9.17) is 0 Å². The van der Waals surface area contributed by atoms with Gasteiger partial charge in [-0.2, -0.15) is 13.2 Å². The van der Waals surface area contributed by atoms with Gasteiger partial charge in [0.1, 0.15) is 11.6 Å². The molecule has 3 rings (SSSR count). The highest BCUT2D eigenvalue weighted by Gasteiger charge is 2.28. The van der Waals surface area contributed by atoms with Gasteiger partial charge in [0.25, 0.3) is 0 Å². The predicted octanol–water partition coefficient (Wildman–Crippen LogP) is 3.69. The van der Waals surface area contributed by atoms with Crippen molar-refractivity contribution in [2.75, 3.05) is 11.9 Å². The highest BCUT2D eigenvalue weighted by molar-refractivity contribution is 5.92. The molecule has 2 N–H and O–H groups in total. The molecule has 8 heteroatoms. The molecule has 0 atom stereocenters. The third-order valence-corrected chi connectivity index (χ3v) is 3.39. The van der Waals surface area contributed by atoms with Gasteiger partial charge in [-0.1, -0.05) is 6.07 Å². The lowest BCUT2D eigenvalue weighted by molar-refractivity contribution is -0.153. The Balaban J connectivity index is 1.57. The molecule has 5 nitrogen and oxygen atoms in total. The first kappa shape index (κ1) is 16.8. The molecule has 0 spiro atoms. The molecule has 0 aliphatic carbocycles. The lowest BCUT2D eigenvalue weighted by Crippen LogP contribution is -2.19. The minimum absolute atomic E-state index is 0.0202. The van der Waals surface area contributed by atoms with Gasteiger partial charge in [-0.15, -0.1) is 0 Å². The van der Waals surface area contributed by atoms with Gasteiger partial charge in [-0.05, 0) is 41.3 Å². The van der Waals surface area contributed by atoms with Gasteiger partial charge in [-0.25, -0.2) is 4.98 Å². The number of benzene rings is 1. The fourth-order valence-corrected chi connectivity index (χ4v) is 2.29. The smallest absolute Gasteiger partial charge is 0.422 e. The van der Waals surface area contributed by atoms with E-state index in [0.717, 1.165) is 22.7 Å². The van der Waals surface area contributed by atoms with Crippen LogP contribution in [0, 0.1) is 0 Å².